The minimum atomic E-state index is -3.46. The summed E-state index contributed by atoms with van der Waals surface area (Å²) in [7, 11) is -3.46. The van der Waals surface area contributed by atoms with Gasteiger partial charge in [-0.05, 0) is 49.5 Å². The van der Waals surface area contributed by atoms with Crippen LogP contribution in [-0.2, 0) is 14.8 Å². The van der Waals surface area contributed by atoms with E-state index in [1.54, 1.807) is 30.3 Å². The van der Waals surface area contributed by atoms with Crippen LogP contribution in [0.15, 0.2) is 35.2 Å². The molecule has 0 saturated heterocycles. The van der Waals surface area contributed by atoms with E-state index in [1.807, 2.05) is 13.8 Å². The zero-order valence-corrected chi connectivity index (χ0v) is 16.2. The van der Waals surface area contributed by atoms with Gasteiger partial charge in [0.1, 0.15) is 0 Å². The van der Waals surface area contributed by atoms with Crippen LogP contribution >= 0.6 is 0 Å². The van der Waals surface area contributed by atoms with Gasteiger partial charge < -0.3 is 10.4 Å². The molecule has 6 nitrogen and oxygen atoms in total. The lowest BCUT2D eigenvalue weighted by atomic mass is 9.93. The molecule has 0 spiro atoms. The monoisotopic (exact) mass is 380 g/mol. The van der Waals surface area contributed by atoms with Gasteiger partial charge in [-0.25, -0.2) is 8.42 Å². The number of hydrogen-bond acceptors (Lipinski definition) is 4. The van der Waals surface area contributed by atoms with E-state index in [1.165, 1.54) is 10.4 Å². The standard InChI is InChI=1S/C19H28N2O4S/c1-3-21(4-2)26(24,25)18-12-5-15(6-13-18)7-14-19(23)20-16-8-10-17(22)11-9-16/h5-7,12-14,16-17,22H,3-4,8-11H2,1-2H3,(H,20,23). The third-order valence-corrected chi connectivity index (χ3v) is 6.76. The van der Waals surface area contributed by atoms with E-state index < -0.39 is 10.0 Å². The molecule has 0 unspecified atom stereocenters. The highest BCUT2D eigenvalue weighted by Crippen LogP contribution is 2.19. The molecular formula is C19H28N2O4S. The summed E-state index contributed by atoms with van der Waals surface area (Å²) in [5, 5.41) is 12.4. The lowest BCUT2D eigenvalue weighted by Crippen LogP contribution is -2.37. The van der Waals surface area contributed by atoms with Crippen LogP contribution in [0.3, 0.4) is 0 Å². The molecule has 0 aliphatic heterocycles. The molecule has 0 radical (unpaired) electrons. The van der Waals surface area contributed by atoms with Gasteiger partial charge in [-0.2, -0.15) is 4.31 Å². The number of nitrogens with one attached hydrogen (secondary N) is 1. The van der Waals surface area contributed by atoms with Crippen molar-refractivity contribution in [3.8, 4) is 0 Å². The minimum Gasteiger partial charge on any atom is -0.393 e. The first kappa shape index (κ1) is 20.6. The van der Waals surface area contributed by atoms with Crippen LogP contribution in [0.4, 0.5) is 0 Å². The van der Waals surface area contributed by atoms with Gasteiger partial charge in [-0.1, -0.05) is 26.0 Å². The van der Waals surface area contributed by atoms with Crippen molar-refractivity contribution in [3.63, 3.8) is 0 Å². The van der Waals surface area contributed by atoms with Gasteiger partial charge in [0, 0.05) is 25.2 Å². The quantitative estimate of drug-likeness (QED) is 0.710. The van der Waals surface area contributed by atoms with Crippen molar-refractivity contribution < 1.29 is 18.3 Å². The van der Waals surface area contributed by atoms with Gasteiger partial charge in [-0.3, -0.25) is 4.79 Å². The topological polar surface area (TPSA) is 86.7 Å². The predicted octanol–water partition coefficient (Wildman–Crippen LogP) is 2.15. The highest BCUT2D eigenvalue weighted by molar-refractivity contribution is 7.89. The van der Waals surface area contributed by atoms with Gasteiger partial charge in [0.2, 0.25) is 15.9 Å². The van der Waals surface area contributed by atoms with E-state index in [4.69, 9.17) is 0 Å². The molecule has 0 bridgehead atoms. The highest BCUT2D eigenvalue weighted by atomic mass is 32.2. The van der Waals surface area contributed by atoms with Crippen molar-refractivity contribution in [1.82, 2.24) is 9.62 Å². The van der Waals surface area contributed by atoms with E-state index in [-0.39, 0.29) is 22.9 Å². The first-order chi connectivity index (χ1) is 12.4. The van der Waals surface area contributed by atoms with E-state index >= 15 is 0 Å². The maximum Gasteiger partial charge on any atom is 0.244 e. The minimum absolute atomic E-state index is 0.108. The Hall–Kier alpha value is -1.70. The lowest BCUT2D eigenvalue weighted by Gasteiger charge is -2.25. The van der Waals surface area contributed by atoms with Crippen LogP contribution in [0.5, 0.6) is 0 Å². The predicted molar refractivity (Wildman–Crippen MR) is 102 cm³/mol. The van der Waals surface area contributed by atoms with Crippen molar-refractivity contribution in [3.05, 3.63) is 35.9 Å². The van der Waals surface area contributed by atoms with Crippen LogP contribution in [0.1, 0.15) is 45.1 Å². The molecule has 1 saturated carbocycles. The SMILES string of the molecule is CCN(CC)S(=O)(=O)c1ccc(C=CC(=O)NC2CCC(O)CC2)cc1. The van der Waals surface area contributed by atoms with E-state index in [0.717, 1.165) is 31.2 Å². The highest BCUT2D eigenvalue weighted by Gasteiger charge is 2.21. The Bertz CT molecular complexity index is 716. The smallest absolute Gasteiger partial charge is 0.244 e. The van der Waals surface area contributed by atoms with Gasteiger partial charge in [0.25, 0.3) is 0 Å². The molecule has 1 aromatic carbocycles. The van der Waals surface area contributed by atoms with Gasteiger partial charge in [0.05, 0.1) is 11.0 Å². The Morgan fingerprint density at radius 2 is 1.73 bits per heavy atom. The molecule has 0 atom stereocenters. The number of sulfonamides is 1. The number of aliphatic hydroxyl groups is 1. The second kappa shape index (κ2) is 9.30. The summed E-state index contributed by atoms with van der Waals surface area (Å²) in [4.78, 5) is 12.2. The molecule has 2 rings (SSSR count). The van der Waals surface area contributed by atoms with Crippen LogP contribution in [0, 0.1) is 0 Å². The number of hydrogen-bond donors (Lipinski definition) is 2. The Kier molecular flexibility index (Phi) is 7.37. The molecule has 1 aliphatic carbocycles. The number of amides is 1. The second-order valence-electron chi connectivity index (χ2n) is 6.51. The molecule has 1 amide bonds. The van der Waals surface area contributed by atoms with Crippen molar-refractivity contribution in [2.75, 3.05) is 13.1 Å². The van der Waals surface area contributed by atoms with Crippen molar-refractivity contribution >= 4 is 22.0 Å². The zero-order chi connectivity index (χ0) is 19.2. The molecule has 0 aromatic heterocycles. The summed E-state index contributed by atoms with van der Waals surface area (Å²) in [5.41, 5.74) is 0.762. The molecule has 144 valence electrons. The Labute approximate surface area is 156 Å². The molecule has 2 N–H and O–H groups in total. The number of benzene rings is 1. The largest absolute Gasteiger partial charge is 0.393 e. The van der Waals surface area contributed by atoms with Gasteiger partial charge >= 0.3 is 0 Å². The maximum absolute atomic E-state index is 12.4. The zero-order valence-electron chi connectivity index (χ0n) is 15.4. The Morgan fingerprint density at radius 3 is 2.27 bits per heavy atom. The fraction of sp³-hybridized carbons (Fsp3) is 0.526. The molecule has 0 heterocycles. The van der Waals surface area contributed by atoms with E-state index in [2.05, 4.69) is 5.32 Å². The fourth-order valence-electron chi connectivity index (χ4n) is 3.10. The summed E-state index contributed by atoms with van der Waals surface area (Å²) in [6.07, 6.45) is 5.90. The third kappa shape index (κ3) is 5.40. The molecule has 1 fully saturated rings. The third-order valence-electron chi connectivity index (χ3n) is 4.69. The lowest BCUT2D eigenvalue weighted by molar-refractivity contribution is -0.117. The van der Waals surface area contributed by atoms with E-state index in [0.29, 0.717) is 13.1 Å². The fourth-order valence-corrected chi connectivity index (χ4v) is 4.56. The number of rotatable bonds is 7. The van der Waals surface area contributed by atoms with Crippen LogP contribution < -0.4 is 5.32 Å². The molecule has 1 aliphatic rings. The molecular weight excluding hydrogens is 352 g/mol. The number of nitrogens with zero attached hydrogens (tertiary/aromatic N) is 1. The number of carbonyl (C=O) groups is 1. The average molecular weight is 381 g/mol. The van der Waals surface area contributed by atoms with Gasteiger partial charge in [-0.15, -0.1) is 0 Å². The number of carbonyl (C=O) groups excluding carboxylic acids is 1. The van der Waals surface area contributed by atoms with Crippen LogP contribution in [0.25, 0.3) is 6.08 Å². The molecule has 1 aromatic rings. The van der Waals surface area contributed by atoms with Crippen molar-refractivity contribution in [1.29, 1.82) is 0 Å². The normalized spacial score (nSPS) is 21.2. The molecule has 7 heteroatoms. The average Bonchev–Trinajstić information content (AvgIpc) is 2.63. The maximum atomic E-state index is 12.4. The summed E-state index contributed by atoms with van der Waals surface area (Å²) in [6, 6.07) is 6.62. The Morgan fingerprint density at radius 1 is 1.15 bits per heavy atom. The van der Waals surface area contributed by atoms with Crippen molar-refractivity contribution in [2.24, 2.45) is 0 Å². The van der Waals surface area contributed by atoms with Gasteiger partial charge in [0.15, 0.2) is 0 Å². The summed E-state index contributed by atoms with van der Waals surface area (Å²) in [5.74, 6) is -0.175. The first-order valence-corrected chi connectivity index (χ1v) is 10.6. The summed E-state index contributed by atoms with van der Waals surface area (Å²) < 4.78 is 26.3. The van der Waals surface area contributed by atoms with Crippen LogP contribution in [0.2, 0.25) is 0 Å². The Balaban J connectivity index is 1.96. The summed E-state index contributed by atoms with van der Waals surface area (Å²) in [6.45, 7) is 4.48. The van der Waals surface area contributed by atoms with Crippen LogP contribution in [-0.4, -0.2) is 49.0 Å². The molecule has 26 heavy (non-hydrogen) atoms. The first-order valence-electron chi connectivity index (χ1n) is 9.13. The van der Waals surface area contributed by atoms with E-state index in [9.17, 15) is 18.3 Å². The number of aliphatic hydroxyl groups excluding tert-OH is 1. The summed E-state index contributed by atoms with van der Waals surface area (Å²) >= 11 is 0. The second-order valence-corrected chi connectivity index (χ2v) is 8.44. The van der Waals surface area contributed by atoms with Crippen molar-refractivity contribution in [2.45, 2.75) is 56.6 Å².